The molecule has 1 aromatic heterocycles. The Morgan fingerprint density at radius 2 is 2.33 bits per heavy atom. The highest BCUT2D eigenvalue weighted by Gasteiger charge is 2.39. The van der Waals surface area contributed by atoms with Gasteiger partial charge in [-0.15, -0.1) is 0 Å². The molecular weight excluding hydrogens is 250 g/mol. The van der Waals surface area contributed by atoms with Crippen molar-refractivity contribution in [3.8, 4) is 0 Å². The molecule has 1 aliphatic rings. The Morgan fingerprint density at radius 3 is 2.89 bits per heavy atom. The van der Waals surface area contributed by atoms with E-state index in [9.17, 15) is 8.42 Å². The molecule has 2 rings (SSSR count). The van der Waals surface area contributed by atoms with Crippen molar-refractivity contribution in [2.75, 3.05) is 11.5 Å². The summed E-state index contributed by atoms with van der Waals surface area (Å²) in [7, 11) is -2.95. The quantitative estimate of drug-likeness (QED) is 0.883. The summed E-state index contributed by atoms with van der Waals surface area (Å²) >= 11 is 0. The Morgan fingerprint density at radius 1 is 1.61 bits per heavy atom. The monoisotopic (exact) mass is 271 g/mol. The third-order valence-electron chi connectivity index (χ3n) is 3.66. The summed E-state index contributed by atoms with van der Waals surface area (Å²) in [6.07, 6.45) is 4.03. The molecule has 2 N–H and O–H groups in total. The lowest BCUT2D eigenvalue weighted by Gasteiger charge is -2.20. The molecule has 2 unspecified atom stereocenters. The van der Waals surface area contributed by atoms with Crippen molar-refractivity contribution in [2.45, 2.75) is 44.7 Å². The first-order valence-electron chi connectivity index (χ1n) is 6.37. The van der Waals surface area contributed by atoms with Crippen LogP contribution in [0.25, 0.3) is 0 Å². The molecule has 1 saturated heterocycles. The average molecular weight is 271 g/mol. The Balaban J connectivity index is 2.08. The maximum atomic E-state index is 11.5. The largest absolute Gasteiger partial charge is 0.324 e. The third kappa shape index (κ3) is 2.92. The lowest BCUT2D eigenvalue weighted by Crippen LogP contribution is -2.43. The Hall–Kier alpha value is -0.880. The predicted octanol–water partition coefficient (Wildman–Crippen LogP) is 0.913. The lowest BCUT2D eigenvalue weighted by atomic mass is 9.94. The number of nitrogens with two attached hydrogens (primary N) is 1. The van der Waals surface area contributed by atoms with Crippen molar-refractivity contribution >= 4 is 9.84 Å². The molecule has 0 spiro atoms. The van der Waals surface area contributed by atoms with Gasteiger partial charge in [0, 0.05) is 24.2 Å². The van der Waals surface area contributed by atoms with Gasteiger partial charge in [0.25, 0.3) is 0 Å². The summed E-state index contributed by atoms with van der Waals surface area (Å²) in [6, 6.07) is 2.30. The van der Waals surface area contributed by atoms with Crippen LogP contribution >= 0.6 is 0 Å². The van der Waals surface area contributed by atoms with Crippen molar-refractivity contribution in [1.82, 2.24) is 9.78 Å². The number of rotatable bonds is 4. The van der Waals surface area contributed by atoms with Gasteiger partial charge >= 0.3 is 0 Å². The Bertz CT molecular complexity index is 523. The number of nitrogens with zero attached hydrogens (tertiary/aromatic N) is 2. The van der Waals surface area contributed by atoms with Crippen molar-refractivity contribution < 1.29 is 8.42 Å². The van der Waals surface area contributed by atoms with E-state index in [0.29, 0.717) is 18.9 Å². The van der Waals surface area contributed by atoms with Crippen LogP contribution in [0.5, 0.6) is 0 Å². The lowest BCUT2D eigenvalue weighted by molar-refractivity contribution is 0.446. The molecule has 0 saturated carbocycles. The fourth-order valence-corrected chi connectivity index (χ4v) is 4.33. The molecule has 1 aromatic rings. The molecule has 18 heavy (non-hydrogen) atoms. The summed E-state index contributed by atoms with van der Waals surface area (Å²) in [5.41, 5.74) is 6.41. The highest BCUT2D eigenvalue weighted by Crippen LogP contribution is 2.24. The van der Waals surface area contributed by atoms with Crippen LogP contribution in [0, 0.1) is 0 Å². The fourth-order valence-electron chi connectivity index (χ4n) is 2.35. The van der Waals surface area contributed by atoms with E-state index < -0.39 is 15.4 Å². The second-order valence-corrected chi connectivity index (χ2v) is 7.61. The Labute approximate surface area is 108 Å². The molecular formula is C12H21N3O2S. The molecule has 1 fully saturated rings. The minimum absolute atomic E-state index is 0.0796. The minimum Gasteiger partial charge on any atom is -0.324 e. The van der Waals surface area contributed by atoms with Gasteiger partial charge in [0.1, 0.15) is 0 Å². The van der Waals surface area contributed by atoms with Gasteiger partial charge in [0.2, 0.25) is 0 Å². The fraction of sp³-hybridized carbons (Fsp3) is 0.750. The minimum atomic E-state index is -2.95. The van der Waals surface area contributed by atoms with Gasteiger partial charge in [-0.25, -0.2) is 8.42 Å². The van der Waals surface area contributed by atoms with Gasteiger partial charge in [-0.05, 0) is 25.8 Å². The van der Waals surface area contributed by atoms with Gasteiger partial charge in [-0.3, -0.25) is 4.68 Å². The topological polar surface area (TPSA) is 78.0 Å². The van der Waals surface area contributed by atoms with E-state index in [0.717, 1.165) is 12.1 Å². The van der Waals surface area contributed by atoms with Crippen molar-refractivity contribution in [2.24, 2.45) is 5.73 Å². The van der Waals surface area contributed by atoms with Crippen LogP contribution in [0.4, 0.5) is 0 Å². The number of sulfone groups is 1. The highest BCUT2D eigenvalue weighted by atomic mass is 32.2. The molecule has 0 aliphatic carbocycles. The molecule has 0 bridgehead atoms. The standard InChI is InChI=1S/C12H21N3O2S/c1-3-10(2)15-6-4-11(14-15)8-12(13)5-7-18(16,17)9-12/h4,6,10H,3,5,7-9,13H2,1-2H3. The molecule has 1 aliphatic heterocycles. The van der Waals surface area contributed by atoms with E-state index in [1.165, 1.54) is 0 Å². The summed E-state index contributed by atoms with van der Waals surface area (Å²) < 4.78 is 24.9. The maximum Gasteiger partial charge on any atom is 0.152 e. The molecule has 2 atom stereocenters. The molecule has 102 valence electrons. The Kier molecular flexibility index (Phi) is 3.51. The van der Waals surface area contributed by atoms with Crippen molar-refractivity contribution in [3.05, 3.63) is 18.0 Å². The highest BCUT2D eigenvalue weighted by molar-refractivity contribution is 7.91. The first-order chi connectivity index (χ1) is 8.34. The van der Waals surface area contributed by atoms with Gasteiger partial charge in [0.15, 0.2) is 9.84 Å². The van der Waals surface area contributed by atoms with E-state index in [1.54, 1.807) is 0 Å². The van der Waals surface area contributed by atoms with Crippen molar-refractivity contribution in [3.63, 3.8) is 0 Å². The molecule has 2 heterocycles. The van der Waals surface area contributed by atoms with Crippen LogP contribution in [-0.2, 0) is 16.3 Å². The maximum absolute atomic E-state index is 11.5. The van der Waals surface area contributed by atoms with Crippen LogP contribution in [0.3, 0.4) is 0 Å². The van der Waals surface area contributed by atoms with Crippen LogP contribution in [0.1, 0.15) is 38.4 Å². The summed E-state index contributed by atoms with van der Waals surface area (Å²) in [5, 5.41) is 4.48. The molecule has 6 heteroatoms. The van der Waals surface area contributed by atoms with Crippen LogP contribution < -0.4 is 5.73 Å². The van der Waals surface area contributed by atoms with Crippen LogP contribution in [0.15, 0.2) is 12.3 Å². The SMILES string of the molecule is CCC(C)n1ccc(CC2(N)CCS(=O)(=O)C2)n1. The first-order valence-corrected chi connectivity index (χ1v) is 8.19. The van der Waals surface area contributed by atoms with Crippen LogP contribution in [0.2, 0.25) is 0 Å². The second kappa shape index (κ2) is 4.66. The van der Waals surface area contributed by atoms with E-state index >= 15 is 0 Å². The predicted molar refractivity (Wildman–Crippen MR) is 71.1 cm³/mol. The average Bonchev–Trinajstić information content (AvgIpc) is 2.83. The number of hydrogen-bond acceptors (Lipinski definition) is 4. The summed E-state index contributed by atoms with van der Waals surface area (Å²) in [4.78, 5) is 0. The van der Waals surface area contributed by atoms with Crippen molar-refractivity contribution in [1.29, 1.82) is 0 Å². The summed E-state index contributed by atoms with van der Waals surface area (Å²) in [5.74, 6) is 0.283. The zero-order chi connectivity index (χ0) is 13.4. The summed E-state index contributed by atoms with van der Waals surface area (Å²) in [6.45, 7) is 4.22. The van der Waals surface area contributed by atoms with Gasteiger partial charge in [-0.2, -0.15) is 5.10 Å². The molecule has 0 aromatic carbocycles. The van der Waals surface area contributed by atoms with E-state index in [4.69, 9.17) is 5.73 Å². The third-order valence-corrected chi connectivity index (χ3v) is 5.50. The van der Waals surface area contributed by atoms with E-state index in [-0.39, 0.29) is 11.5 Å². The van der Waals surface area contributed by atoms with E-state index in [1.807, 2.05) is 16.9 Å². The number of aromatic nitrogens is 2. The first kappa shape index (κ1) is 13.5. The van der Waals surface area contributed by atoms with Gasteiger partial charge < -0.3 is 5.73 Å². The van der Waals surface area contributed by atoms with Crippen LogP contribution in [-0.4, -0.2) is 35.2 Å². The zero-order valence-electron chi connectivity index (χ0n) is 11.0. The molecule has 0 amide bonds. The normalized spacial score (nSPS) is 28.4. The zero-order valence-corrected chi connectivity index (χ0v) is 11.8. The van der Waals surface area contributed by atoms with Gasteiger partial charge in [-0.1, -0.05) is 6.92 Å². The second-order valence-electron chi connectivity index (χ2n) is 5.43. The molecule has 5 nitrogen and oxygen atoms in total. The number of hydrogen-bond donors (Lipinski definition) is 1. The van der Waals surface area contributed by atoms with E-state index in [2.05, 4.69) is 18.9 Å². The smallest absolute Gasteiger partial charge is 0.152 e. The van der Waals surface area contributed by atoms with Gasteiger partial charge in [0.05, 0.1) is 17.2 Å². The molecule has 0 radical (unpaired) electrons.